The van der Waals surface area contributed by atoms with E-state index in [1.165, 1.54) is 12.3 Å². The maximum Gasteiger partial charge on any atom is 0.337 e. The van der Waals surface area contributed by atoms with Crippen LogP contribution in [0, 0.1) is 0 Å². The molecule has 0 saturated carbocycles. The van der Waals surface area contributed by atoms with Crippen LogP contribution in [0.4, 0.5) is 0 Å². The number of methoxy groups -OCH3 is 1. The number of rotatable bonds is 3. The van der Waals surface area contributed by atoms with Gasteiger partial charge in [-0.05, 0) is 12.1 Å². The Morgan fingerprint density at radius 2 is 2.33 bits per heavy atom. The number of pyridine rings is 1. The average molecular weight is 207 g/mol. The zero-order valence-corrected chi connectivity index (χ0v) is 8.04. The van der Waals surface area contributed by atoms with Crippen LogP contribution in [0.15, 0.2) is 18.3 Å². The number of aromatic nitrogens is 3. The van der Waals surface area contributed by atoms with Gasteiger partial charge in [-0.3, -0.25) is 4.40 Å². The molecule has 1 N–H and O–H groups in total. The number of carboxylic acid groups (broad SMARTS) is 1. The second-order valence-corrected chi connectivity index (χ2v) is 3.00. The molecule has 6 heteroatoms. The third-order valence-electron chi connectivity index (χ3n) is 1.99. The summed E-state index contributed by atoms with van der Waals surface area (Å²) >= 11 is 0. The molecule has 0 aliphatic heterocycles. The summed E-state index contributed by atoms with van der Waals surface area (Å²) in [4.78, 5) is 10.8. The van der Waals surface area contributed by atoms with Gasteiger partial charge in [-0.1, -0.05) is 0 Å². The standard InChI is InChI=1S/C9H9N3O3/c1-15-5-8-11-10-7-3-2-6(9(13)14)4-12(7)8/h2-4H,5H2,1H3,(H,13,14). The van der Waals surface area contributed by atoms with Crippen molar-refractivity contribution in [2.24, 2.45) is 0 Å². The number of aromatic carboxylic acids is 1. The number of hydrogen-bond donors (Lipinski definition) is 1. The lowest BCUT2D eigenvalue weighted by Gasteiger charge is -1.99. The number of carboxylic acids is 1. The van der Waals surface area contributed by atoms with Crippen molar-refractivity contribution in [1.29, 1.82) is 0 Å². The Morgan fingerprint density at radius 1 is 1.53 bits per heavy atom. The highest BCUT2D eigenvalue weighted by atomic mass is 16.5. The van der Waals surface area contributed by atoms with Crippen molar-refractivity contribution in [3.05, 3.63) is 29.7 Å². The van der Waals surface area contributed by atoms with E-state index in [1.807, 2.05) is 0 Å². The molecular formula is C9H9N3O3. The first-order chi connectivity index (χ1) is 7.22. The molecule has 6 nitrogen and oxygen atoms in total. The average Bonchev–Trinajstić information content (AvgIpc) is 2.61. The molecule has 0 saturated heterocycles. The molecule has 0 atom stereocenters. The number of fused-ring (bicyclic) bond motifs is 1. The monoisotopic (exact) mass is 207 g/mol. The number of carbonyl (C=O) groups is 1. The van der Waals surface area contributed by atoms with Gasteiger partial charge in [0.1, 0.15) is 6.61 Å². The highest BCUT2D eigenvalue weighted by Crippen LogP contribution is 2.07. The molecule has 15 heavy (non-hydrogen) atoms. The van der Waals surface area contributed by atoms with E-state index in [-0.39, 0.29) is 5.56 Å². The van der Waals surface area contributed by atoms with Crippen LogP contribution < -0.4 is 0 Å². The first-order valence-electron chi connectivity index (χ1n) is 4.28. The first kappa shape index (κ1) is 9.60. The zero-order chi connectivity index (χ0) is 10.8. The lowest BCUT2D eigenvalue weighted by molar-refractivity contribution is 0.0696. The summed E-state index contributed by atoms with van der Waals surface area (Å²) in [6.07, 6.45) is 1.48. The van der Waals surface area contributed by atoms with Crippen molar-refractivity contribution < 1.29 is 14.6 Å². The third-order valence-corrected chi connectivity index (χ3v) is 1.99. The minimum absolute atomic E-state index is 0.194. The molecule has 0 fully saturated rings. The van der Waals surface area contributed by atoms with Crippen LogP contribution in [0.25, 0.3) is 5.65 Å². The first-order valence-corrected chi connectivity index (χ1v) is 4.28. The summed E-state index contributed by atoms with van der Waals surface area (Å²) in [5.41, 5.74) is 0.798. The summed E-state index contributed by atoms with van der Waals surface area (Å²) in [5, 5.41) is 16.6. The van der Waals surface area contributed by atoms with Crippen molar-refractivity contribution in [3.8, 4) is 0 Å². The van der Waals surface area contributed by atoms with E-state index in [9.17, 15) is 4.79 Å². The van der Waals surface area contributed by atoms with Crippen LogP contribution in [0.5, 0.6) is 0 Å². The molecule has 0 bridgehead atoms. The van der Waals surface area contributed by atoms with E-state index in [2.05, 4.69) is 10.2 Å². The van der Waals surface area contributed by atoms with Crippen molar-refractivity contribution in [3.63, 3.8) is 0 Å². The maximum atomic E-state index is 10.8. The Kier molecular flexibility index (Phi) is 2.34. The van der Waals surface area contributed by atoms with Crippen LogP contribution in [0.2, 0.25) is 0 Å². The van der Waals surface area contributed by atoms with Gasteiger partial charge < -0.3 is 9.84 Å². The summed E-state index contributed by atoms with van der Waals surface area (Å²) in [7, 11) is 1.54. The third kappa shape index (κ3) is 1.66. The van der Waals surface area contributed by atoms with Crippen LogP contribution in [0.1, 0.15) is 16.2 Å². The quantitative estimate of drug-likeness (QED) is 0.796. The largest absolute Gasteiger partial charge is 0.478 e. The molecule has 0 spiro atoms. The molecule has 0 aromatic carbocycles. The van der Waals surface area contributed by atoms with Crippen LogP contribution >= 0.6 is 0 Å². The molecular weight excluding hydrogens is 198 g/mol. The molecule has 0 amide bonds. The van der Waals surface area contributed by atoms with Gasteiger partial charge in [0.05, 0.1) is 5.56 Å². The molecule has 2 aromatic rings. The highest BCUT2D eigenvalue weighted by molar-refractivity contribution is 5.87. The SMILES string of the molecule is COCc1nnc2ccc(C(=O)O)cn12. The summed E-state index contributed by atoms with van der Waals surface area (Å²) in [6.45, 7) is 0.296. The van der Waals surface area contributed by atoms with Gasteiger partial charge >= 0.3 is 5.97 Å². The predicted molar refractivity (Wildman–Crippen MR) is 50.7 cm³/mol. The van der Waals surface area contributed by atoms with Crippen molar-refractivity contribution in [1.82, 2.24) is 14.6 Å². The van der Waals surface area contributed by atoms with Gasteiger partial charge in [0.25, 0.3) is 0 Å². The summed E-state index contributed by atoms with van der Waals surface area (Å²) < 4.78 is 6.53. The molecule has 0 aliphatic rings. The van der Waals surface area contributed by atoms with Gasteiger partial charge in [-0.15, -0.1) is 10.2 Å². The van der Waals surface area contributed by atoms with Gasteiger partial charge in [0.15, 0.2) is 11.5 Å². The Morgan fingerprint density at radius 3 is 3.00 bits per heavy atom. The van der Waals surface area contributed by atoms with E-state index >= 15 is 0 Å². The minimum atomic E-state index is -0.978. The molecule has 0 unspecified atom stereocenters. The van der Waals surface area contributed by atoms with Gasteiger partial charge in [0, 0.05) is 13.3 Å². The van der Waals surface area contributed by atoms with Crippen molar-refractivity contribution in [2.75, 3.05) is 7.11 Å². The molecule has 2 rings (SSSR count). The van der Waals surface area contributed by atoms with Crippen molar-refractivity contribution in [2.45, 2.75) is 6.61 Å². The van der Waals surface area contributed by atoms with Gasteiger partial charge in [-0.25, -0.2) is 4.79 Å². The van der Waals surface area contributed by atoms with Crippen LogP contribution in [-0.4, -0.2) is 32.8 Å². The normalized spacial score (nSPS) is 10.7. The summed E-state index contributed by atoms with van der Waals surface area (Å²) in [6, 6.07) is 3.10. The van der Waals surface area contributed by atoms with Crippen LogP contribution in [-0.2, 0) is 11.3 Å². The van der Waals surface area contributed by atoms with E-state index in [1.54, 1.807) is 17.6 Å². The molecule has 0 aliphatic carbocycles. The van der Waals surface area contributed by atoms with Crippen LogP contribution in [0.3, 0.4) is 0 Å². The van der Waals surface area contributed by atoms with Gasteiger partial charge in [0.2, 0.25) is 0 Å². The lowest BCUT2D eigenvalue weighted by Crippen LogP contribution is -2.01. The van der Waals surface area contributed by atoms with E-state index in [4.69, 9.17) is 9.84 Å². The van der Waals surface area contributed by atoms with E-state index in [0.29, 0.717) is 18.1 Å². The Balaban J connectivity index is 2.56. The maximum absolute atomic E-state index is 10.8. The molecule has 2 heterocycles. The molecule has 78 valence electrons. The fraction of sp³-hybridized carbons (Fsp3) is 0.222. The predicted octanol–water partition coefficient (Wildman–Crippen LogP) is 0.574. The Hall–Kier alpha value is -1.95. The summed E-state index contributed by atoms with van der Waals surface area (Å²) in [5.74, 6) is -0.399. The zero-order valence-electron chi connectivity index (χ0n) is 8.04. The fourth-order valence-electron chi connectivity index (χ4n) is 1.29. The number of hydrogen-bond acceptors (Lipinski definition) is 4. The fourth-order valence-corrected chi connectivity index (χ4v) is 1.29. The van der Waals surface area contributed by atoms with Gasteiger partial charge in [-0.2, -0.15) is 0 Å². The van der Waals surface area contributed by atoms with E-state index in [0.717, 1.165) is 0 Å². The lowest BCUT2D eigenvalue weighted by atomic mass is 10.3. The second kappa shape index (κ2) is 3.66. The minimum Gasteiger partial charge on any atom is -0.478 e. The highest BCUT2D eigenvalue weighted by Gasteiger charge is 2.08. The number of ether oxygens (including phenoxy) is 1. The molecule has 2 aromatic heterocycles. The second-order valence-electron chi connectivity index (χ2n) is 3.00. The molecule has 0 radical (unpaired) electrons. The van der Waals surface area contributed by atoms with E-state index < -0.39 is 5.97 Å². The smallest absolute Gasteiger partial charge is 0.337 e. The Bertz CT molecular complexity index is 506. The van der Waals surface area contributed by atoms with Crippen molar-refractivity contribution >= 4 is 11.6 Å². The number of nitrogens with zero attached hydrogens (tertiary/aromatic N) is 3. The topological polar surface area (TPSA) is 76.7 Å². The Labute approximate surface area is 85.1 Å².